The van der Waals surface area contributed by atoms with Gasteiger partial charge in [0.2, 0.25) is 0 Å². The fourth-order valence-corrected chi connectivity index (χ4v) is 3.58. The zero-order valence-electron chi connectivity index (χ0n) is 15.5. The van der Waals surface area contributed by atoms with Crippen LogP contribution in [-0.4, -0.2) is 40.0 Å². The third-order valence-corrected chi connectivity index (χ3v) is 5.09. The molecule has 3 aromatic rings. The van der Waals surface area contributed by atoms with Gasteiger partial charge in [-0.15, -0.1) is 0 Å². The summed E-state index contributed by atoms with van der Waals surface area (Å²) in [5, 5.41) is 0. The smallest absolute Gasteiger partial charge is 0.256 e. The molecule has 0 N–H and O–H groups in total. The van der Waals surface area contributed by atoms with Crippen molar-refractivity contribution >= 4 is 16.9 Å². The molecule has 138 valence electrons. The first-order valence-corrected chi connectivity index (χ1v) is 9.37. The van der Waals surface area contributed by atoms with E-state index in [2.05, 4.69) is 29.0 Å². The largest absolute Gasteiger partial charge is 0.376 e. The van der Waals surface area contributed by atoms with E-state index < -0.39 is 0 Å². The molecule has 5 nitrogen and oxygen atoms in total. The average Bonchev–Trinajstić information content (AvgIpc) is 3.21. The van der Waals surface area contributed by atoms with Crippen LogP contribution in [0.1, 0.15) is 34.3 Å². The van der Waals surface area contributed by atoms with Crippen LogP contribution in [0, 0.1) is 6.92 Å². The molecule has 1 aromatic heterocycles. The third kappa shape index (κ3) is 3.83. The van der Waals surface area contributed by atoms with Gasteiger partial charge in [0.15, 0.2) is 0 Å². The van der Waals surface area contributed by atoms with E-state index in [0.717, 1.165) is 30.5 Å². The zero-order valence-corrected chi connectivity index (χ0v) is 15.5. The molecule has 1 aliphatic heterocycles. The minimum atomic E-state index is -0.0279. The Bertz CT molecular complexity index is 946. The van der Waals surface area contributed by atoms with Gasteiger partial charge in [0.1, 0.15) is 5.52 Å². The number of para-hydroxylation sites is 1. The lowest BCUT2D eigenvalue weighted by Crippen LogP contribution is -2.37. The van der Waals surface area contributed by atoms with Gasteiger partial charge in [-0.2, -0.15) is 0 Å². The van der Waals surface area contributed by atoms with E-state index >= 15 is 0 Å². The highest BCUT2D eigenvalue weighted by Crippen LogP contribution is 2.21. The summed E-state index contributed by atoms with van der Waals surface area (Å²) < 4.78 is 5.80. The van der Waals surface area contributed by atoms with E-state index in [1.54, 1.807) is 12.4 Å². The monoisotopic (exact) mass is 361 g/mol. The Hall–Kier alpha value is -2.79. The fourth-order valence-electron chi connectivity index (χ4n) is 3.58. The highest BCUT2D eigenvalue weighted by molar-refractivity contribution is 6.04. The summed E-state index contributed by atoms with van der Waals surface area (Å²) in [5.41, 5.74) is 4.30. The van der Waals surface area contributed by atoms with Crippen LogP contribution >= 0.6 is 0 Å². The Labute approximate surface area is 159 Å². The molecule has 5 heteroatoms. The van der Waals surface area contributed by atoms with E-state index in [0.29, 0.717) is 24.2 Å². The van der Waals surface area contributed by atoms with Gasteiger partial charge in [-0.05, 0) is 43.0 Å². The second-order valence-electron chi connectivity index (χ2n) is 6.98. The van der Waals surface area contributed by atoms with Crippen molar-refractivity contribution in [3.05, 3.63) is 71.5 Å². The Morgan fingerprint density at radius 1 is 1.15 bits per heavy atom. The Kier molecular flexibility index (Phi) is 5.12. The molecule has 0 unspecified atom stereocenters. The molecule has 1 fully saturated rings. The van der Waals surface area contributed by atoms with Crippen molar-refractivity contribution in [3.8, 4) is 0 Å². The van der Waals surface area contributed by atoms with E-state index in [1.807, 2.05) is 35.2 Å². The molecular weight excluding hydrogens is 338 g/mol. The van der Waals surface area contributed by atoms with Crippen molar-refractivity contribution in [2.24, 2.45) is 0 Å². The van der Waals surface area contributed by atoms with E-state index in [-0.39, 0.29) is 12.0 Å². The number of nitrogens with zero attached hydrogens (tertiary/aromatic N) is 3. The summed E-state index contributed by atoms with van der Waals surface area (Å²) in [4.78, 5) is 24.1. The van der Waals surface area contributed by atoms with Crippen LogP contribution in [0.4, 0.5) is 0 Å². The third-order valence-electron chi connectivity index (χ3n) is 5.09. The first-order valence-electron chi connectivity index (χ1n) is 9.37. The van der Waals surface area contributed by atoms with Crippen molar-refractivity contribution in [2.75, 3.05) is 13.2 Å². The molecular formula is C22H23N3O2. The van der Waals surface area contributed by atoms with Gasteiger partial charge >= 0.3 is 0 Å². The summed E-state index contributed by atoms with van der Waals surface area (Å²) >= 11 is 0. The summed E-state index contributed by atoms with van der Waals surface area (Å²) in [6.07, 6.45) is 5.42. The topological polar surface area (TPSA) is 55.3 Å². The highest BCUT2D eigenvalue weighted by atomic mass is 16.5. The molecule has 1 atom stereocenters. The number of carbonyl (C=O) groups is 1. The maximum Gasteiger partial charge on any atom is 0.256 e. The maximum atomic E-state index is 13.5. The van der Waals surface area contributed by atoms with Gasteiger partial charge in [-0.3, -0.25) is 14.8 Å². The molecule has 1 aliphatic rings. The number of fused-ring (bicyclic) bond motifs is 1. The molecule has 1 saturated heterocycles. The van der Waals surface area contributed by atoms with E-state index in [4.69, 9.17) is 4.74 Å². The van der Waals surface area contributed by atoms with Gasteiger partial charge in [0.05, 0.1) is 17.2 Å². The van der Waals surface area contributed by atoms with Gasteiger partial charge in [0, 0.05) is 32.1 Å². The Morgan fingerprint density at radius 3 is 2.81 bits per heavy atom. The predicted octanol–water partition coefficient (Wildman–Crippen LogP) is 3.76. The molecule has 1 amide bonds. The van der Waals surface area contributed by atoms with Crippen LogP contribution in [0.2, 0.25) is 0 Å². The minimum Gasteiger partial charge on any atom is -0.376 e. The fraction of sp³-hybridized carbons (Fsp3) is 0.318. The van der Waals surface area contributed by atoms with Crippen molar-refractivity contribution in [1.29, 1.82) is 0 Å². The molecule has 0 saturated carbocycles. The van der Waals surface area contributed by atoms with E-state index in [9.17, 15) is 4.79 Å². The van der Waals surface area contributed by atoms with Crippen molar-refractivity contribution < 1.29 is 9.53 Å². The number of hydrogen-bond acceptors (Lipinski definition) is 4. The molecule has 0 radical (unpaired) electrons. The second-order valence-corrected chi connectivity index (χ2v) is 6.98. The molecule has 4 rings (SSSR count). The average molecular weight is 361 g/mol. The number of amides is 1. The number of rotatable bonds is 5. The van der Waals surface area contributed by atoms with Gasteiger partial charge in [-0.1, -0.05) is 30.3 Å². The predicted molar refractivity (Wildman–Crippen MR) is 104 cm³/mol. The van der Waals surface area contributed by atoms with Crippen molar-refractivity contribution in [2.45, 2.75) is 32.4 Å². The SMILES string of the molecule is Cc1ccccc1CN(C[C@H]1CCCO1)C(=O)c1cccc2nccnc12. The second kappa shape index (κ2) is 7.84. The number of aromatic nitrogens is 2. The van der Waals surface area contributed by atoms with Gasteiger partial charge < -0.3 is 9.64 Å². The normalized spacial score (nSPS) is 16.6. The number of carbonyl (C=O) groups excluding carboxylic acids is 1. The molecule has 0 spiro atoms. The number of benzene rings is 2. The maximum absolute atomic E-state index is 13.5. The molecule has 0 aliphatic carbocycles. The van der Waals surface area contributed by atoms with Crippen LogP contribution in [0.3, 0.4) is 0 Å². The van der Waals surface area contributed by atoms with Crippen LogP contribution in [0.5, 0.6) is 0 Å². The molecule has 27 heavy (non-hydrogen) atoms. The van der Waals surface area contributed by atoms with Gasteiger partial charge in [0.25, 0.3) is 5.91 Å². The van der Waals surface area contributed by atoms with Crippen molar-refractivity contribution in [1.82, 2.24) is 14.9 Å². The van der Waals surface area contributed by atoms with Crippen molar-refractivity contribution in [3.63, 3.8) is 0 Å². The minimum absolute atomic E-state index is 0.0279. The molecule has 2 heterocycles. The number of aryl methyl sites for hydroxylation is 1. The highest BCUT2D eigenvalue weighted by Gasteiger charge is 2.25. The van der Waals surface area contributed by atoms with Crippen LogP contribution in [0.15, 0.2) is 54.9 Å². The summed E-state index contributed by atoms with van der Waals surface area (Å²) in [5.74, 6) is -0.0279. The van der Waals surface area contributed by atoms with Gasteiger partial charge in [-0.25, -0.2) is 0 Å². The lowest BCUT2D eigenvalue weighted by molar-refractivity contribution is 0.0508. The quantitative estimate of drug-likeness (QED) is 0.694. The van der Waals surface area contributed by atoms with Crippen LogP contribution in [-0.2, 0) is 11.3 Å². The summed E-state index contributed by atoms with van der Waals surface area (Å²) in [6.45, 7) is 4.00. The number of hydrogen-bond donors (Lipinski definition) is 0. The Balaban J connectivity index is 1.68. The lowest BCUT2D eigenvalue weighted by Gasteiger charge is -2.26. The number of ether oxygens (including phenoxy) is 1. The summed E-state index contributed by atoms with van der Waals surface area (Å²) in [6, 6.07) is 13.8. The first kappa shape index (κ1) is 17.6. The summed E-state index contributed by atoms with van der Waals surface area (Å²) in [7, 11) is 0. The van der Waals surface area contributed by atoms with Crippen LogP contribution < -0.4 is 0 Å². The zero-order chi connectivity index (χ0) is 18.6. The standard InChI is InChI=1S/C22H23N3O2/c1-16-6-2-3-7-17(16)14-25(15-18-8-5-13-27-18)22(26)19-9-4-10-20-21(19)24-12-11-23-20/h2-4,6-7,9-12,18H,5,8,13-15H2,1H3/t18-/m1/s1. The molecule has 2 aromatic carbocycles. The van der Waals surface area contributed by atoms with E-state index in [1.165, 1.54) is 5.56 Å². The Morgan fingerprint density at radius 2 is 2.00 bits per heavy atom. The lowest BCUT2D eigenvalue weighted by atomic mass is 10.1. The first-order chi connectivity index (χ1) is 13.2. The van der Waals surface area contributed by atoms with Crippen LogP contribution in [0.25, 0.3) is 11.0 Å². The molecule has 0 bridgehead atoms.